The first-order valence-corrected chi connectivity index (χ1v) is 7.94. The fourth-order valence-corrected chi connectivity index (χ4v) is 3.37. The van der Waals surface area contributed by atoms with E-state index in [9.17, 15) is 15.4 Å². The molecule has 2 saturated heterocycles. The molecule has 3 N–H and O–H groups in total. The van der Waals surface area contributed by atoms with Gasteiger partial charge in [0.2, 0.25) is 0 Å². The summed E-state index contributed by atoms with van der Waals surface area (Å²) >= 11 is 0. The van der Waals surface area contributed by atoms with Crippen LogP contribution in [0.15, 0.2) is 0 Å². The molecule has 4 atom stereocenters. The molecule has 0 aromatic carbocycles. The number of piperidine rings is 2. The highest BCUT2D eigenvalue weighted by Gasteiger charge is 2.37. The van der Waals surface area contributed by atoms with Gasteiger partial charge in [-0.3, -0.25) is 4.84 Å². The van der Waals surface area contributed by atoms with Crippen LogP contribution >= 0.6 is 0 Å². The number of rotatable bonds is 4. The summed E-state index contributed by atoms with van der Waals surface area (Å²) in [4.78, 5) is 5.90. The third kappa shape index (κ3) is 4.87. The summed E-state index contributed by atoms with van der Waals surface area (Å²) in [6, 6.07) is 0. The van der Waals surface area contributed by atoms with E-state index in [0.29, 0.717) is 38.6 Å². The Hall–Kier alpha value is -0.240. The number of hydrogen-bond donors (Lipinski definition) is 3. The van der Waals surface area contributed by atoms with Gasteiger partial charge in [-0.15, -0.1) is 0 Å². The average molecular weight is 302 g/mol. The second-order valence-electron chi connectivity index (χ2n) is 7.56. The molecule has 0 amide bonds. The van der Waals surface area contributed by atoms with Gasteiger partial charge in [-0.2, -0.15) is 10.1 Å². The third-order valence-electron chi connectivity index (χ3n) is 4.74. The number of hydroxylamine groups is 4. The van der Waals surface area contributed by atoms with Gasteiger partial charge < -0.3 is 15.4 Å². The van der Waals surface area contributed by atoms with Crippen LogP contribution in [0.25, 0.3) is 0 Å². The second-order valence-corrected chi connectivity index (χ2v) is 7.56. The Morgan fingerprint density at radius 2 is 1.71 bits per heavy atom. The number of aliphatic hydroxyl groups excluding tert-OH is 2. The maximum absolute atomic E-state index is 9.81. The third-order valence-corrected chi connectivity index (χ3v) is 4.74. The van der Waals surface area contributed by atoms with Crippen LogP contribution < -0.4 is 0 Å². The minimum Gasteiger partial charge on any atom is -0.392 e. The summed E-state index contributed by atoms with van der Waals surface area (Å²) in [5, 5.41) is 32.4. The van der Waals surface area contributed by atoms with Crippen LogP contribution in [0.4, 0.5) is 0 Å². The zero-order valence-electron chi connectivity index (χ0n) is 13.4. The van der Waals surface area contributed by atoms with Crippen LogP contribution in [0.3, 0.4) is 0 Å². The van der Waals surface area contributed by atoms with Gasteiger partial charge >= 0.3 is 0 Å². The molecule has 0 unspecified atom stereocenters. The van der Waals surface area contributed by atoms with E-state index in [1.54, 1.807) is 0 Å². The molecule has 0 saturated carbocycles. The van der Waals surface area contributed by atoms with Crippen molar-refractivity contribution < 1.29 is 20.3 Å². The van der Waals surface area contributed by atoms with Crippen molar-refractivity contribution in [2.75, 3.05) is 32.8 Å². The molecule has 0 aromatic heterocycles. The van der Waals surface area contributed by atoms with E-state index in [4.69, 9.17) is 4.84 Å². The molecule has 0 aliphatic carbocycles. The minimum absolute atomic E-state index is 0.145. The van der Waals surface area contributed by atoms with Gasteiger partial charge in [-0.25, -0.2) is 0 Å². The quantitative estimate of drug-likeness (QED) is 0.710. The lowest BCUT2D eigenvalue weighted by atomic mass is 9.75. The van der Waals surface area contributed by atoms with E-state index < -0.39 is 6.10 Å². The maximum Gasteiger partial charge on any atom is 0.0739 e. The largest absolute Gasteiger partial charge is 0.392 e. The molecule has 21 heavy (non-hydrogen) atoms. The zero-order chi connectivity index (χ0) is 15.6. The van der Waals surface area contributed by atoms with Crippen LogP contribution in [-0.2, 0) is 4.84 Å². The van der Waals surface area contributed by atoms with Crippen LogP contribution in [0.5, 0.6) is 0 Å². The van der Waals surface area contributed by atoms with E-state index in [1.807, 2.05) is 5.06 Å². The van der Waals surface area contributed by atoms with Crippen LogP contribution in [0, 0.1) is 17.3 Å². The van der Waals surface area contributed by atoms with Gasteiger partial charge in [0.05, 0.1) is 25.4 Å². The smallest absolute Gasteiger partial charge is 0.0739 e. The van der Waals surface area contributed by atoms with Crippen LogP contribution in [0.1, 0.15) is 33.6 Å². The molecule has 6 nitrogen and oxygen atoms in total. The first-order chi connectivity index (χ1) is 9.76. The molecule has 2 heterocycles. The van der Waals surface area contributed by atoms with E-state index in [0.717, 1.165) is 13.0 Å². The molecule has 0 spiro atoms. The zero-order valence-corrected chi connectivity index (χ0v) is 13.4. The van der Waals surface area contributed by atoms with E-state index >= 15 is 0 Å². The Labute approximate surface area is 127 Å². The predicted molar refractivity (Wildman–Crippen MR) is 78.6 cm³/mol. The Balaban J connectivity index is 1.85. The van der Waals surface area contributed by atoms with Crippen molar-refractivity contribution in [3.05, 3.63) is 0 Å². The minimum atomic E-state index is -0.482. The molecule has 0 bridgehead atoms. The molecule has 0 aromatic rings. The fourth-order valence-electron chi connectivity index (χ4n) is 3.37. The van der Waals surface area contributed by atoms with Gasteiger partial charge in [0.25, 0.3) is 0 Å². The lowest BCUT2D eigenvalue weighted by molar-refractivity contribution is -0.226. The van der Waals surface area contributed by atoms with Crippen LogP contribution in [-0.4, -0.2) is 70.5 Å². The highest BCUT2D eigenvalue weighted by Crippen LogP contribution is 2.34. The topological polar surface area (TPSA) is 76.4 Å². The van der Waals surface area contributed by atoms with Gasteiger partial charge in [0.15, 0.2) is 0 Å². The van der Waals surface area contributed by atoms with Gasteiger partial charge in [-0.1, -0.05) is 20.8 Å². The number of β-amino-alcohol motifs (C(OH)–C–C–N with tert-alkyl or cyclic N) is 2. The van der Waals surface area contributed by atoms with Crippen molar-refractivity contribution in [2.24, 2.45) is 17.3 Å². The lowest BCUT2D eigenvalue weighted by Gasteiger charge is -2.42. The van der Waals surface area contributed by atoms with E-state index in [1.165, 1.54) is 5.06 Å². The number of aliphatic hydroxyl groups is 2. The summed E-state index contributed by atoms with van der Waals surface area (Å²) in [5.41, 5.74) is -0.145. The normalized spacial score (nSPS) is 36.9. The molecule has 124 valence electrons. The van der Waals surface area contributed by atoms with Crippen molar-refractivity contribution in [1.29, 1.82) is 0 Å². The van der Waals surface area contributed by atoms with Crippen molar-refractivity contribution in [1.82, 2.24) is 10.1 Å². The van der Waals surface area contributed by atoms with Gasteiger partial charge in [0, 0.05) is 19.6 Å². The summed E-state index contributed by atoms with van der Waals surface area (Å²) < 4.78 is 0. The first-order valence-electron chi connectivity index (χ1n) is 7.94. The fraction of sp³-hybridized carbons (Fsp3) is 1.00. The van der Waals surface area contributed by atoms with E-state index in [-0.39, 0.29) is 17.4 Å². The predicted octanol–water partition coefficient (Wildman–Crippen LogP) is 0.719. The standard InChI is InChI=1S/C15H30N2O4/c1-11-4-13(18)9-17(6-11)21-10-15(2,3)12-5-14(19)8-16(20)7-12/h11-14,18-20H,4-10H2,1-3H3/t11-,12+,13+,14-/m1/s1. The van der Waals surface area contributed by atoms with Crippen molar-refractivity contribution in [2.45, 2.75) is 45.8 Å². The second kappa shape index (κ2) is 6.89. The SMILES string of the molecule is C[C@@H]1C[C@H](O)CN(OCC(C)(C)[C@H]2C[C@@H](O)CN(O)C2)C1. The van der Waals surface area contributed by atoms with E-state index in [2.05, 4.69) is 20.8 Å². The Bertz CT molecular complexity index is 320. The molecule has 0 radical (unpaired) electrons. The summed E-state index contributed by atoms with van der Waals surface area (Å²) in [5.74, 6) is 0.611. The molecular weight excluding hydrogens is 272 g/mol. The summed E-state index contributed by atoms with van der Waals surface area (Å²) in [6.07, 6.45) is 0.718. The Morgan fingerprint density at radius 3 is 2.33 bits per heavy atom. The maximum atomic E-state index is 9.81. The first kappa shape index (κ1) is 17.1. The van der Waals surface area contributed by atoms with Gasteiger partial charge in [0.1, 0.15) is 0 Å². The average Bonchev–Trinajstić information content (AvgIpc) is 2.34. The van der Waals surface area contributed by atoms with Crippen LogP contribution in [0.2, 0.25) is 0 Å². The molecular formula is C15H30N2O4. The van der Waals surface area contributed by atoms with Gasteiger partial charge in [-0.05, 0) is 30.1 Å². The molecule has 2 aliphatic heterocycles. The highest BCUT2D eigenvalue weighted by molar-refractivity contribution is 4.85. The number of nitrogens with zero attached hydrogens (tertiary/aromatic N) is 2. The molecule has 2 aliphatic rings. The highest BCUT2D eigenvalue weighted by atomic mass is 16.7. The number of hydrogen-bond acceptors (Lipinski definition) is 6. The van der Waals surface area contributed by atoms with Crippen molar-refractivity contribution >= 4 is 0 Å². The monoisotopic (exact) mass is 302 g/mol. The summed E-state index contributed by atoms with van der Waals surface area (Å²) in [7, 11) is 0. The Morgan fingerprint density at radius 1 is 1.05 bits per heavy atom. The van der Waals surface area contributed by atoms with Crippen molar-refractivity contribution in [3.8, 4) is 0 Å². The lowest BCUT2D eigenvalue weighted by Crippen LogP contribution is -2.49. The molecule has 2 rings (SSSR count). The van der Waals surface area contributed by atoms with Crippen molar-refractivity contribution in [3.63, 3.8) is 0 Å². The molecule has 2 fully saturated rings. The molecule has 6 heteroatoms. The Kier molecular flexibility index (Phi) is 5.62. The summed E-state index contributed by atoms with van der Waals surface area (Å²) in [6.45, 7) is 9.13.